The zero-order valence-electron chi connectivity index (χ0n) is 24.8. The predicted molar refractivity (Wildman–Crippen MR) is 168 cm³/mol. The second-order valence-electron chi connectivity index (χ2n) is 9.26. The van der Waals surface area contributed by atoms with E-state index in [1.165, 1.54) is 40.1 Å². The molecular formula is C33H31ClN2O8. The number of pyridine rings is 2. The molecule has 0 atom stereocenters. The van der Waals surface area contributed by atoms with E-state index in [4.69, 9.17) is 28.4 Å². The molecule has 2 aromatic heterocycles. The number of methoxy groups -OCH3 is 5. The van der Waals surface area contributed by atoms with Crippen LogP contribution in [0, 0.1) is 0 Å². The topological polar surface area (TPSA) is 107 Å². The Balaban J connectivity index is 0.00000442. The number of carbonyl (C=O) groups is 1. The summed E-state index contributed by atoms with van der Waals surface area (Å²) in [5.74, 6) is 1.06. The first kappa shape index (κ1) is 31.7. The standard InChI is InChI=1S/C33H30N2O8.ClH/c1-38-25-17-23-24(18-26(25)43-19-21-11-9-10-14-34-21)32(36)35(22-12-7-6-8-13-22)30(33(37)42-5)29(23)20-15-27(39-2)31(41-4)28(16-20)40-3;/h6-18H,19H2,1-5H3;1H. The highest BCUT2D eigenvalue weighted by molar-refractivity contribution is 6.08. The van der Waals surface area contributed by atoms with E-state index in [9.17, 15) is 9.59 Å². The maximum Gasteiger partial charge on any atom is 0.355 e. The van der Waals surface area contributed by atoms with Crippen LogP contribution in [-0.2, 0) is 11.3 Å². The van der Waals surface area contributed by atoms with E-state index in [0.717, 1.165) is 0 Å². The Labute approximate surface area is 260 Å². The van der Waals surface area contributed by atoms with Crippen LogP contribution >= 0.6 is 12.4 Å². The fourth-order valence-electron chi connectivity index (χ4n) is 4.94. The molecule has 0 fully saturated rings. The third-order valence-corrected chi connectivity index (χ3v) is 6.92. The zero-order chi connectivity index (χ0) is 30.5. The van der Waals surface area contributed by atoms with Crippen molar-refractivity contribution in [3.8, 4) is 45.6 Å². The van der Waals surface area contributed by atoms with Crippen LogP contribution in [0.1, 0.15) is 16.2 Å². The van der Waals surface area contributed by atoms with E-state index in [0.29, 0.717) is 56.6 Å². The van der Waals surface area contributed by atoms with Crippen molar-refractivity contribution in [2.75, 3.05) is 35.5 Å². The molecule has 44 heavy (non-hydrogen) atoms. The van der Waals surface area contributed by atoms with Crippen molar-refractivity contribution < 1.29 is 33.2 Å². The number of rotatable bonds is 10. The molecule has 10 nitrogen and oxygen atoms in total. The first-order valence-corrected chi connectivity index (χ1v) is 13.2. The van der Waals surface area contributed by atoms with Crippen molar-refractivity contribution in [3.05, 3.63) is 101 Å². The largest absolute Gasteiger partial charge is 0.493 e. The van der Waals surface area contributed by atoms with E-state index in [1.807, 2.05) is 24.3 Å². The average Bonchev–Trinajstić information content (AvgIpc) is 3.06. The molecule has 0 aliphatic rings. The van der Waals surface area contributed by atoms with Crippen molar-refractivity contribution in [3.63, 3.8) is 0 Å². The van der Waals surface area contributed by atoms with Crippen molar-refractivity contribution in [1.82, 2.24) is 9.55 Å². The smallest absolute Gasteiger partial charge is 0.355 e. The molecule has 0 amide bonds. The molecule has 3 aromatic carbocycles. The number of hydrogen-bond acceptors (Lipinski definition) is 9. The summed E-state index contributed by atoms with van der Waals surface area (Å²) >= 11 is 0. The van der Waals surface area contributed by atoms with Crippen LogP contribution in [0.4, 0.5) is 0 Å². The molecule has 11 heteroatoms. The van der Waals surface area contributed by atoms with E-state index in [2.05, 4.69) is 4.98 Å². The molecule has 5 aromatic rings. The first-order valence-electron chi connectivity index (χ1n) is 13.2. The summed E-state index contributed by atoms with van der Waals surface area (Å²) in [5, 5.41) is 0.700. The van der Waals surface area contributed by atoms with Crippen LogP contribution in [-0.4, -0.2) is 51.1 Å². The fourth-order valence-corrected chi connectivity index (χ4v) is 4.94. The lowest BCUT2D eigenvalue weighted by molar-refractivity contribution is 0.0591. The van der Waals surface area contributed by atoms with Gasteiger partial charge in [-0.3, -0.25) is 14.3 Å². The highest BCUT2D eigenvalue weighted by atomic mass is 35.5. The van der Waals surface area contributed by atoms with Gasteiger partial charge in [-0.25, -0.2) is 4.79 Å². The second-order valence-corrected chi connectivity index (χ2v) is 9.26. The van der Waals surface area contributed by atoms with Gasteiger partial charge in [-0.2, -0.15) is 0 Å². The van der Waals surface area contributed by atoms with Gasteiger partial charge in [0.25, 0.3) is 5.56 Å². The lowest BCUT2D eigenvalue weighted by Crippen LogP contribution is -2.27. The van der Waals surface area contributed by atoms with Gasteiger partial charge < -0.3 is 28.4 Å². The Hall–Kier alpha value is -5.22. The summed E-state index contributed by atoms with van der Waals surface area (Å²) in [4.78, 5) is 32.2. The molecule has 0 N–H and O–H groups in total. The van der Waals surface area contributed by atoms with E-state index in [1.54, 1.807) is 54.7 Å². The number of halogens is 1. The quantitative estimate of drug-likeness (QED) is 0.177. The molecule has 2 heterocycles. The number of hydrogen-bond donors (Lipinski definition) is 0. The number of aromatic nitrogens is 2. The van der Waals surface area contributed by atoms with E-state index < -0.39 is 11.5 Å². The summed E-state index contributed by atoms with van der Waals surface area (Å²) in [6.45, 7) is 0.148. The van der Waals surface area contributed by atoms with Gasteiger partial charge in [0, 0.05) is 22.8 Å². The number of nitrogens with zero attached hydrogens (tertiary/aromatic N) is 2. The van der Waals surface area contributed by atoms with Crippen LogP contribution in [0.15, 0.2) is 83.8 Å². The SMILES string of the molecule is COC(=O)c1c(-c2cc(OC)c(OC)c(OC)c2)c2cc(OC)c(OCc3ccccn3)cc2c(=O)n1-c1ccccc1.Cl. The van der Waals surface area contributed by atoms with Crippen molar-refractivity contribution in [1.29, 1.82) is 0 Å². The Kier molecular flexibility index (Phi) is 9.97. The fraction of sp³-hybridized carbons (Fsp3) is 0.182. The lowest BCUT2D eigenvalue weighted by Gasteiger charge is -2.21. The molecule has 5 rings (SSSR count). The first-order chi connectivity index (χ1) is 20.9. The minimum atomic E-state index is -0.721. The summed E-state index contributed by atoms with van der Waals surface area (Å²) in [6, 6.07) is 21.1. The Morgan fingerprint density at radius 2 is 1.39 bits per heavy atom. The minimum absolute atomic E-state index is 0. The molecule has 0 saturated heterocycles. The third kappa shape index (κ3) is 5.84. The maximum atomic E-state index is 14.3. The Bertz CT molecular complexity index is 1820. The van der Waals surface area contributed by atoms with Gasteiger partial charge in [0.1, 0.15) is 12.3 Å². The van der Waals surface area contributed by atoms with Crippen LogP contribution in [0.5, 0.6) is 28.7 Å². The molecule has 0 spiro atoms. The normalized spacial score (nSPS) is 10.5. The summed E-state index contributed by atoms with van der Waals surface area (Å²) in [7, 11) is 7.27. The molecule has 0 radical (unpaired) electrons. The summed E-state index contributed by atoms with van der Waals surface area (Å²) in [6.07, 6.45) is 1.67. The molecule has 0 bridgehead atoms. The van der Waals surface area contributed by atoms with Crippen LogP contribution in [0.25, 0.3) is 27.6 Å². The van der Waals surface area contributed by atoms with Crippen LogP contribution in [0.2, 0.25) is 0 Å². The van der Waals surface area contributed by atoms with Gasteiger partial charge in [-0.1, -0.05) is 24.3 Å². The lowest BCUT2D eigenvalue weighted by atomic mass is 9.95. The maximum absolute atomic E-state index is 14.3. The number of fused-ring (bicyclic) bond motifs is 1. The van der Waals surface area contributed by atoms with Crippen molar-refractivity contribution in [2.45, 2.75) is 6.61 Å². The zero-order valence-corrected chi connectivity index (χ0v) is 25.6. The third-order valence-electron chi connectivity index (χ3n) is 6.92. The molecule has 0 saturated carbocycles. The highest BCUT2D eigenvalue weighted by Crippen LogP contribution is 2.45. The van der Waals surface area contributed by atoms with Gasteiger partial charge in [0.2, 0.25) is 5.75 Å². The molecule has 228 valence electrons. The van der Waals surface area contributed by atoms with E-state index >= 15 is 0 Å². The van der Waals surface area contributed by atoms with Gasteiger partial charge in [0.05, 0.1) is 46.6 Å². The molecule has 0 unspecified atom stereocenters. The van der Waals surface area contributed by atoms with Gasteiger partial charge in [0.15, 0.2) is 23.0 Å². The van der Waals surface area contributed by atoms with Gasteiger partial charge >= 0.3 is 5.97 Å². The minimum Gasteiger partial charge on any atom is -0.493 e. The van der Waals surface area contributed by atoms with Crippen molar-refractivity contribution in [2.24, 2.45) is 0 Å². The number of carbonyl (C=O) groups excluding carboxylic acids is 1. The van der Waals surface area contributed by atoms with Crippen LogP contribution < -0.4 is 29.2 Å². The Morgan fingerprint density at radius 3 is 1.95 bits per heavy atom. The number of esters is 1. The Morgan fingerprint density at radius 1 is 0.750 bits per heavy atom. The number of para-hydroxylation sites is 1. The van der Waals surface area contributed by atoms with Crippen molar-refractivity contribution >= 4 is 29.1 Å². The second kappa shape index (κ2) is 13.8. The molecular weight excluding hydrogens is 588 g/mol. The predicted octanol–water partition coefficient (Wildman–Crippen LogP) is 5.87. The van der Waals surface area contributed by atoms with E-state index in [-0.39, 0.29) is 30.1 Å². The van der Waals surface area contributed by atoms with Crippen LogP contribution in [0.3, 0.4) is 0 Å². The monoisotopic (exact) mass is 618 g/mol. The average molecular weight is 619 g/mol. The highest BCUT2D eigenvalue weighted by Gasteiger charge is 2.28. The molecule has 0 aliphatic carbocycles. The number of ether oxygens (including phenoxy) is 6. The summed E-state index contributed by atoms with van der Waals surface area (Å²) in [5.41, 5.74) is 1.61. The van der Waals surface area contributed by atoms with Gasteiger partial charge in [-0.05, 0) is 54.1 Å². The summed E-state index contributed by atoms with van der Waals surface area (Å²) < 4.78 is 35.1. The van der Waals surface area contributed by atoms with Gasteiger partial charge in [-0.15, -0.1) is 12.4 Å². The number of benzene rings is 3. The molecule has 0 aliphatic heterocycles.